The standard InChI is InChI=1S/C8H10N4O2S/c1-3-5(4-9)15-8-10-6(13)7(14)11-12(8)2/h5H,3H2,1-2H3,(H,11,14). The highest BCUT2D eigenvalue weighted by Crippen LogP contribution is 2.20. The zero-order valence-electron chi connectivity index (χ0n) is 8.35. The smallest absolute Gasteiger partial charge is 0.265 e. The van der Waals surface area contributed by atoms with Gasteiger partial charge in [-0.2, -0.15) is 10.2 Å². The van der Waals surface area contributed by atoms with Crippen LogP contribution in [0, 0.1) is 11.3 Å². The fraction of sp³-hybridized carbons (Fsp3) is 0.500. The van der Waals surface area contributed by atoms with Crippen LogP contribution < -0.4 is 11.1 Å². The maximum atomic E-state index is 11.0. The van der Waals surface area contributed by atoms with Crippen molar-refractivity contribution >= 4 is 11.8 Å². The molecule has 0 aromatic carbocycles. The van der Waals surface area contributed by atoms with E-state index in [0.717, 1.165) is 11.8 Å². The highest BCUT2D eigenvalue weighted by molar-refractivity contribution is 8.00. The molecule has 80 valence electrons. The van der Waals surface area contributed by atoms with Gasteiger partial charge in [-0.1, -0.05) is 18.7 Å². The number of aromatic amines is 1. The maximum Gasteiger partial charge on any atom is 0.339 e. The normalized spacial score (nSPS) is 12.1. The van der Waals surface area contributed by atoms with Gasteiger partial charge in [0.15, 0.2) is 5.16 Å². The number of H-pyrrole nitrogens is 1. The van der Waals surface area contributed by atoms with Crippen LogP contribution in [0.2, 0.25) is 0 Å². The van der Waals surface area contributed by atoms with Crippen LogP contribution in [-0.2, 0) is 7.05 Å². The molecule has 15 heavy (non-hydrogen) atoms. The van der Waals surface area contributed by atoms with Crippen molar-refractivity contribution in [1.29, 1.82) is 5.26 Å². The van der Waals surface area contributed by atoms with Crippen molar-refractivity contribution in [2.24, 2.45) is 7.05 Å². The number of hydrogen-bond acceptors (Lipinski definition) is 5. The molecule has 1 atom stereocenters. The SMILES string of the molecule is CCC(C#N)Sc1nc(=O)c(=O)[nH]n1C. The minimum absolute atomic E-state index is 0.269. The van der Waals surface area contributed by atoms with Gasteiger partial charge >= 0.3 is 11.1 Å². The largest absolute Gasteiger partial charge is 0.339 e. The molecule has 0 saturated heterocycles. The van der Waals surface area contributed by atoms with Gasteiger partial charge in [0.2, 0.25) is 0 Å². The fourth-order valence-corrected chi connectivity index (χ4v) is 1.71. The molecule has 1 rings (SSSR count). The Morgan fingerprint density at radius 3 is 2.87 bits per heavy atom. The second-order valence-electron chi connectivity index (χ2n) is 2.84. The highest BCUT2D eigenvalue weighted by atomic mass is 32.2. The Balaban J connectivity index is 3.07. The van der Waals surface area contributed by atoms with Crippen LogP contribution >= 0.6 is 11.8 Å². The van der Waals surface area contributed by atoms with E-state index in [4.69, 9.17) is 5.26 Å². The third-order valence-electron chi connectivity index (χ3n) is 1.71. The molecule has 0 aliphatic heterocycles. The van der Waals surface area contributed by atoms with Crippen molar-refractivity contribution in [3.05, 3.63) is 20.7 Å². The first-order valence-electron chi connectivity index (χ1n) is 4.32. The molecule has 0 fully saturated rings. The second kappa shape index (κ2) is 4.79. The first-order chi connectivity index (χ1) is 7.08. The Labute approximate surface area is 89.9 Å². The van der Waals surface area contributed by atoms with E-state index in [1.54, 1.807) is 7.05 Å². The summed E-state index contributed by atoms with van der Waals surface area (Å²) in [7, 11) is 1.57. The van der Waals surface area contributed by atoms with Crippen LogP contribution in [0.4, 0.5) is 0 Å². The van der Waals surface area contributed by atoms with E-state index in [2.05, 4.69) is 16.2 Å². The Hall–Kier alpha value is -1.55. The van der Waals surface area contributed by atoms with Gasteiger partial charge < -0.3 is 0 Å². The molecule has 1 heterocycles. The Kier molecular flexibility index (Phi) is 3.68. The van der Waals surface area contributed by atoms with E-state index < -0.39 is 11.1 Å². The van der Waals surface area contributed by atoms with Crippen LogP contribution in [-0.4, -0.2) is 20.0 Å². The van der Waals surface area contributed by atoms with Gasteiger partial charge in [0, 0.05) is 7.05 Å². The third kappa shape index (κ3) is 2.70. The monoisotopic (exact) mass is 226 g/mol. The number of nitrogens with one attached hydrogen (secondary N) is 1. The number of aromatic nitrogens is 3. The molecule has 0 amide bonds. The van der Waals surface area contributed by atoms with E-state index >= 15 is 0 Å². The van der Waals surface area contributed by atoms with Crippen molar-refractivity contribution in [1.82, 2.24) is 14.8 Å². The molecule has 7 heteroatoms. The third-order valence-corrected chi connectivity index (χ3v) is 3.01. The molecule has 0 saturated carbocycles. The number of thioether (sulfide) groups is 1. The molecule has 1 aromatic heterocycles. The minimum atomic E-state index is -0.830. The van der Waals surface area contributed by atoms with E-state index in [0.29, 0.717) is 11.6 Å². The molecule has 0 spiro atoms. The number of nitriles is 1. The summed E-state index contributed by atoms with van der Waals surface area (Å²) in [6, 6.07) is 2.08. The van der Waals surface area contributed by atoms with E-state index in [-0.39, 0.29) is 5.25 Å². The molecule has 0 bridgehead atoms. The summed E-state index contributed by atoms with van der Waals surface area (Å²) >= 11 is 1.16. The predicted octanol–water partition coefficient (Wildman–Crippen LogP) is -0.137. The van der Waals surface area contributed by atoms with Crippen molar-refractivity contribution in [3.63, 3.8) is 0 Å². The van der Waals surface area contributed by atoms with Crippen molar-refractivity contribution < 1.29 is 0 Å². The van der Waals surface area contributed by atoms with Crippen LogP contribution in [0.25, 0.3) is 0 Å². The molecule has 0 aliphatic carbocycles. The lowest BCUT2D eigenvalue weighted by Crippen LogP contribution is -2.34. The molecular weight excluding hydrogens is 216 g/mol. The van der Waals surface area contributed by atoms with Crippen LogP contribution in [0.3, 0.4) is 0 Å². The number of aryl methyl sites for hydroxylation is 1. The predicted molar refractivity (Wildman–Crippen MR) is 55.6 cm³/mol. The fourth-order valence-electron chi connectivity index (χ4n) is 0.894. The number of rotatable bonds is 3. The van der Waals surface area contributed by atoms with Gasteiger partial charge in [0.25, 0.3) is 0 Å². The second-order valence-corrected chi connectivity index (χ2v) is 4.01. The van der Waals surface area contributed by atoms with Crippen molar-refractivity contribution in [3.8, 4) is 6.07 Å². The summed E-state index contributed by atoms with van der Waals surface area (Å²) in [5.74, 6) is 0. The summed E-state index contributed by atoms with van der Waals surface area (Å²) in [4.78, 5) is 25.5. The molecule has 1 aromatic rings. The molecule has 0 radical (unpaired) electrons. The van der Waals surface area contributed by atoms with E-state index in [1.165, 1.54) is 4.68 Å². The van der Waals surface area contributed by atoms with Gasteiger partial charge in [-0.15, -0.1) is 0 Å². The maximum absolute atomic E-state index is 11.0. The van der Waals surface area contributed by atoms with E-state index in [9.17, 15) is 9.59 Å². The van der Waals surface area contributed by atoms with Gasteiger partial charge in [-0.3, -0.25) is 19.4 Å². The minimum Gasteiger partial charge on any atom is -0.265 e. The lowest BCUT2D eigenvalue weighted by atomic mass is 10.4. The molecule has 1 N–H and O–H groups in total. The Bertz CT molecular complexity index is 499. The van der Waals surface area contributed by atoms with Gasteiger partial charge in [0.1, 0.15) is 0 Å². The Morgan fingerprint density at radius 1 is 1.67 bits per heavy atom. The summed E-state index contributed by atoms with van der Waals surface area (Å²) in [6.45, 7) is 1.87. The summed E-state index contributed by atoms with van der Waals surface area (Å²) in [5.41, 5.74) is -1.59. The summed E-state index contributed by atoms with van der Waals surface area (Å²) in [5, 5.41) is 11.1. The molecular formula is C8H10N4O2S. The first kappa shape index (κ1) is 11.5. The molecule has 0 aliphatic rings. The topological polar surface area (TPSA) is 91.5 Å². The average molecular weight is 226 g/mol. The molecule has 6 nitrogen and oxygen atoms in total. The van der Waals surface area contributed by atoms with Crippen molar-refractivity contribution in [2.75, 3.05) is 0 Å². The first-order valence-corrected chi connectivity index (χ1v) is 5.20. The van der Waals surface area contributed by atoms with Crippen LogP contribution in [0.1, 0.15) is 13.3 Å². The zero-order chi connectivity index (χ0) is 11.4. The number of nitrogens with zero attached hydrogens (tertiary/aromatic N) is 3. The Morgan fingerprint density at radius 2 is 2.33 bits per heavy atom. The van der Waals surface area contributed by atoms with Gasteiger partial charge in [-0.25, -0.2) is 0 Å². The van der Waals surface area contributed by atoms with Crippen molar-refractivity contribution in [2.45, 2.75) is 23.8 Å². The average Bonchev–Trinajstić information content (AvgIpc) is 2.21. The van der Waals surface area contributed by atoms with Gasteiger partial charge in [-0.05, 0) is 6.42 Å². The lowest BCUT2D eigenvalue weighted by molar-refractivity contribution is 0.595. The summed E-state index contributed by atoms with van der Waals surface area (Å²) in [6.07, 6.45) is 0.649. The zero-order valence-corrected chi connectivity index (χ0v) is 9.17. The highest BCUT2D eigenvalue weighted by Gasteiger charge is 2.11. The summed E-state index contributed by atoms with van der Waals surface area (Å²) < 4.78 is 1.34. The van der Waals surface area contributed by atoms with Crippen LogP contribution in [0.5, 0.6) is 0 Å². The van der Waals surface area contributed by atoms with Gasteiger partial charge in [0.05, 0.1) is 11.3 Å². The molecule has 1 unspecified atom stereocenters. The van der Waals surface area contributed by atoms with E-state index in [1.807, 2.05) is 6.92 Å². The quantitative estimate of drug-likeness (QED) is 0.572. The lowest BCUT2D eigenvalue weighted by Gasteiger charge is -2.07. The van der Waals surface area contributed by atoms with Crippen LogP contribution in [0.15, 0.2) is 14.7 Å². The number of hydrogen-bond donors (Lipinski definition) is 1.